The predicted molar refractivity (Wildman–Crippen MR) is 107 cm³/mol. The van der Waals surface area contributed by atoms with Gasteiger partial charge in [0.15, 0.2) is 16.8 Å². The van der Waals surface area contributed by atoms with Gasteiger partial charge in [0.1, 0.15) is 0 Å². The zero-order chi connectivity index (χ0) is 18.5. The lowest BCUT2D eigenvalue weighted by molar-refractivity contribution is 0.0994. The fourth-order valence-corrected chi connectivity index (χ4v) is 3.59. The summed E-state index contributed by atoms with van der Waals surface area (Å²) in [6, 6.07) is 16.8. The number of thioether (sulfide) groups is 1. The lowest BCUT2D eigenvalue weighted by Gasteiger charge is -2.12. The molecular formula is C20H18ClN3OS. The van der Waals surface area contributed by atoms with Crippen LogP contribution in [0.15, 0.2) is 72.4 Å². The van der Waals surface area contributed by atoms with Gasteiger partial charge in [-0.1, -0.05) is 59.8 Å². The molecule has 0 saturated carbocycles. The van der Waals surface area contributed by atoms with Crippen LogP contribution in [0, 0.1) is 0 Å². The third-order valence-electron chi connectivity index (χ3n) is 3.84. The van der Waals surface area contributed by atoms with Crippen molar-refractivity contribution >= 4 is 29.1 Å². The third-order valence-corrected chi connectivity index (χ3v) is 5.17. The van der Waals surface area contributed by atoms with Gasteiger partial charge in [-0.05, 0) is 31.2 Å². The van der Waals surface area contributed by atoms with Crippen LogP contribution in [0.5, 0.6) is 0 Å². The number of carbonyl (C=O) groups is 1. The van der Waals surface area contributed by atoms with Gasteiger partial charge in [-0.25, -0.2) is 0 Å². The lowest BCUT2D eigenvalue weighted by Crippen LogP contribution is -2.14. The minimum Gasteiger partial charge on any atom is -0.298 e. The van der Waals surface area contributed by atoms with Gasteiger partial charge in [0, 0.05) is 22.7 Å². The Morgan fingerprint density at radius 1 is 1.19 bits per heavy atom. The molecule has 3 aromatic rings. The second kappa shape index (κ2) is 8.34. The number of carbonyl (C=O) groups excluding carboxylic acids is 1. The summed E-state index contributed by atoms with van der Waals surface area (Å²) in [5, 5.41) is 9.62. The van der Waals surface area contributed by atoms with Crippen LogP contribution in [0.2, 0.25) is 5.02 Å². The molecule has 4 nitrogen and oxygen atoms in total. The first kappa shape index (κ1) is 18.4. The molecule has 2 aromatic carbocycles. The molecule has 0 amide bonds. The van der Waals surface area contributed by atoms with Crippen molar-refractivity contribution in [3.63, 3.8) is 0 Å². The highest BCUT2D eigenvalue weighted by Crippen LogP contribution is 2.28. The Hall–Kier alpha value is -2.37. The van der Waals surface area contributed by atoms with Gasteiger partial charge in [0.2, 0.25) is 0 Å². The maximum Gasteiger partial charge on any atom is 0.192 e. The molecule has 132 valence electrons. The first-order valence-electron chi connectivity index (χ1n) is 8.16. The minimum absolute atomic E-state index is 0.0288. The van der Waals surface area contributed by atoms with Crippen LogP contribution in [-0.4, -0.2) is 25.8 Å². The summed E-state index contributed by atoms with van der Waals surface area (Å²) in [5.74, 6) is 0.792. The van der Waals surface area contributed by atoms with E-state index in [-0.39, 0.29) is 11.0 Å². The fraction of sp³-hybridized carbons (Fsp3) is 0.150. The van der Waals surface area contributed by atoms with E-state index in [2.05, 4.69) is 16.8 Å². The number of aromatic nitrogens is 3. The molecular weight excluding hydrogens is 366 g/mol. The third kappa shape index (κ3) is 4.06. The largest absolute Gasteiger partial charge is 0.298 e. The average molecular weight is 384 g/mol. The molecule has 0 unspecified atom stereocenters. The van der Waals surface area contributed by atoms with Crippen molar-refractivity contribution in [1.29, 1.82) is 0 Å². The van der Waals surface area contributed by atoms with Crippen molar-refractivity contribution in [3.05, 3.63) is 77.8 Å². The average Bonchev–Trinajstić information content (AvgIpc) is 3.05. The number of Topliss-reactive ketones (excluding diaryl/α,β-unsaturated/α-hetero) is 1. The predicted octanol–water partition coefficient (Wildman–Crippen LogP) is 5.15. The van der Waals surface area contributed by atoms with Gasteiger partial charge in [0.05, 0.1) is 5.25 Å². The number of ketones is 1. The summed E-state index contributed by atoms with van der Waals surface area (Å²) < 4.78 is 1.97. The topological polar surface area (TPSA) is 47.8 Å². The van der Waals surface area contributed by atoms with Crippen LogP contribution in [-0.2, 0) is 6.54 Å². The van der Waals surface area contributed by atoms with E-state index in [0.29, 0.717) is 22.3 Å². The van der Waals surface area contributed by atoms with Gasteiger partial charge in [-0.2, -0.15) is 0 Å². The summed E-state index contributed by atoms with van der Waals surface area (Å²) >= 11 is 7.29. The molecule has 0 radical (unpaired) electrons. The van der Waals surface area contributed by atoms with E-state index in [0.717, 1.165) is 11.4 Å². The summed E-state index contributed by atoms with van der Waals surface area (Å²) in [4.78, 5) is 12.7. The molecule has 0 fully saturated rings. The minimum atomic E-state index is -0.299. The molecule has 0 saturated heterocycles. The van der Waals surface area contributed by atoms with Gasteiger partial charge in [0.25, 0.3) is 0 Å². The molecule has 6 heteroatoms. The summed E-state index contributed by atoms with van der Waals surface area (Å²) in [7, 11) is 0. The second-order valence-electron chi connectivity index (χ2n) is 5.70. The lowest BCUT2D eigenvalue weighted by atomic mass is 10.1. The SMILES string of the molecule is C=CCn1c(S[C@H](C)C(=O)c2ccc(Cl)cc2)nnc1-c1ccccc1. The zero-order valence-electron chi connectivity index (χ0n) is 14.3. The molecule has 0 aliphatic heterocycles. The number of rotatable bonds is 7. The molecule has 0 bridgehead atoms. The van der Waals surface area contributed by atoms with E-state index in [1.54, 1.807) is 30.3 Å². The van der Waals surface area contributed by atoms with Crippen molar-refractivity contribution in [1.82, 2.24) is 14.8 Å². The van der Waals surface area contributed by atoms with E-state index < -0.39 is 0 Å². The maximum absolute atomic E-state index is 12.7. The fourth-order valence-electron chi connectivity index (χ4n) is 2.53. The van der Waals surface area contributed by atoms with Gasteiger partial charge in [-0.15, -0.1) is 16.8 Å². The molecule has 0 aliphatic carbocycles. The number of hydrogen-bond acceptors (Lipinski definition) is 4. The van der Waals surface area contributed by atoms with Crippen LogP contribution < -0.4 is 0 Å². The van der Waals surface area contributed by atoms with E-state index in [1.165, 1.54) is 11.8 Å². The number of hydrogen-bond donors (Lipinski definition) is 0. The van der Waals surface area contributed by atoms with E-state index in [1.807, 2.05) is 41.8 Å². The molecule has 0 N–H and O–H groups in total. The van der Waals surface area contributed by atoms with E-state index >= 15 is 0 Å². The Bertz CT molecular complexity index is 907. The van der Waals surface area contributed by atoms with Crippen LogP contribution in [0.25, 0.3) is 11.4 Å². The highest BCUT2D eigenvalue weighted by Gasteiger charge is 2.21. The van der Waals surface area contributed by atoms with Crippen LogP contribution in [0.3, 0.4) is 0 Å². The Labute approximate surface area is 161 Å². The molecule has 3 rings (SSSR count). The maximum atomic E-state index is 12.7. The number of allylic oxidation sites excluding steroid dienone is 1. The molecule has 0 aliphatic rings. The molecule has 0 spiro atoms. The first-order valence-corrected chi connectivity index (χ1v) is 9.42. The molecule has 1 atom stereocenters. The van der Waals surface area contributed by atoms with Crippen molar-refractivity contribution in [3.8, 4) is 11.4 Å². The summed E-state index contributed by atoms with van der Waals surface area (Å²) in [6.07, 6.45) is 1.80. The molecule has 1 aromatic heterocycles. The molecule has 26 heavy (non-hydrogen) atoms. The molecule has 1 heterocycles. The Balaban J connectivity index is 1.85. The van der Waals surface area contributed by atoms with Crippen LogP contribution in [0.4, 0.5) is 0 Å². The number of halogens is 1. The Kier molecular flexibility index (Phi) is 5.91. The summed E-state index contributed by atoms with van der Waals surface area (Å²) in [5.41, 5.74) is 1.61. The number of nitrogens with zero attached hydrogens (tertiary/aromatic N) is 3. The number of benzene rings is 2. The quantitative estimate of drug-likeness (QED) is 0.321. The monoisotopic (exact) mass is 383 g/mol. The van der Waals surface area contributed by atoms with E-state index in [9.17, 15) is 4.79 Å². The smallest absolute Gasteiger partial charge is 0.192 e. The van der Waals surface area contributed by atoms with Crippen LogP contribution in [0.1, 0.15) is 17.3 Å². The second-order valence-corrected chi connectivity index (χ2v) is 7.45. The standard InChI is InChI=1S/C20H18ClN3OS/c1-3-13-24-19(16-7-5-4-6-8-16)22-23-20(24)26-14(2)18(25)15-9-11-17(21)12-10-15/h3-12,14H,1,13H2,2H3/t14-/m1/s1. The van der Waals surface area contributed by atoms with Crippen LogP contribution >= 0.6 is 23.4 Å². The highest BCUT2D eigenvalue weighted by atomic mass is 35.5. The van der Waals surface area contributed by atoms with Crippen molar-refractivity contribution in [2.24, 2.45) is 0 Å². The first-order chi connectivity index (χ1) is 12.6. The summed E-state index contributed by atoms with van der Waals surface area (Å²) in [6.45, 7) is 6.26. The van der Waals surface area contributed by atoms with E-state index in [4.69, 9.17) is 11.6 Å². The van der Waals surface area contributed by atoms with Crippen molar-refractivity contribution in [2.45, 2.75) is 23.9 Å². The van der Waals surface area contributed by atoms with Crippen molar-refractivity contribution < 1.29 is 4.79 Å². The van der Waals surface area contributed by atoms with Gasteiger partial charge < -0.3 is 0 Å². The normalized spacial score (nSPS) is 11.9. The zero-order valence-corrected chi connectivity index (χ0v) is 15.9. The van der Waals surface area contributed by atoms with Crippen molar-refractivity contribution in [2.75, 3.05) is 0 Å². The Morgan fingerprint density at radius 2 is 1.88 bits per heavy atom. The highest BCUT2D eigenvalue weighted by molar-refractivity contribution is 8.00. The van der Waals surface area contributed by atoms with Gasteiger partial charge >= 0.3 is 0 Å². The van der Waals surface area contributed by atoms with Gasteiger partial charge in [-0.3, -0.25) is 9.36 Å². The Morgan fingerprint density at radius 3 is 2.54 bits per heavy atom.